The minimum absolute atomic E-state index is 0.141. The van der Waals surface area contributed by atoms with Gasteiger partial charge in [-0.2, -0.15) is 0 Å². The van der Waals surface area contributed by atoms with Gasteiger partial charge in [-0.05, 0) is 54.7 Å². The zero-order valence-electron chi connectivity index (χ0n) is 21.2. The van der Waals surface area contributed by atoms with Crippen LogP contribution in [0, 0.1) is 17.8 Å². The fourth-order valence-corrected chi connectivity index (χ4v) is 4.77. The number of benzene rings is 2. The van der Waals surface area contributed by atoms with Gasteiger partial charge in [0.2, 0.25) is 11.7 Å². The monoisotopic (exact) mass is 512 g/mol. The second kappa shape index (κ2) is 11.6. The van der Waals surface area contributed by atoms with Crippen molar-refractivity contribution >= 4 is 5.91 Å². The number of hydrogen-bond donors (Lipinski definition) is 4. The maximum Gasteiger partial charge on any atom is 0.293 e. The lowest BCUT2D eigenvalue weighted by molar-refractivity contribution is -0.131. The fourth-order valence-electron chi connectivity index (χ4n) is 4.77. The number of aliphatic hydroxyl groups is 1. The van der Waals surface area contributed by atoms with Gasteiger partial charge in [0.05, 0.1) is 18.6 Å². The van der Waals surface area contributed by atoms with Crippen molar-refractivity contribution in [2.45, 2.75) is 44.2 Å². The van der Waals surface area contributed by atoms with Crippen LogP contribution in [0.5, 0.6) is 5.75 Å². The van der Waals surface area contributed by atoms with Gasteiger partial charge in [-0.3, -0.25) is 9.59 Å². The van der Waals surface area contributed by atoms with E-state index in [1.807, 2.05) is 41.3 Å². The minimum Gasteiger partial charge on any atom is -0.502 e. The molecule has 1 unspecified atom stereocenters. The number of nitrogens with one attached hydrogen (secondary N) is 2. The van der Waals surface area contributed by atoms with Crippen molar-refractivity contribution in [2.75, 3.05) is 19.7 Å². The molecule has 0 radical (unpaired) electrons. The van der Waals surface area contributed by atoms with E-state index in [1.54, 1.807) is 0 Å². The van der Waals surface area contributed by atoms with Crippen molar-refractivity contribution < 1.29 is 15.0 Å². The van der Waals surface area contributed by atoms with E-state index < -0.39 is 11.3 Å². The van der Waals surface area contributed by atoms with Crippen LogP contribution in [0.15, 0.2) is 59.7 Å². The second-order valence-corrected chi connectivity index (χ2v) is 10.1. The zero-order chi connectivity index (χ0) is 26.5. The van der Waals surface area contributed by atoms with Crippen LogP contribution in [0.1, 0.15) is 53.1 Å². The number of nitrogens with zero attached hydrogens (tertiary/aromatic N) is 2. The molecule has 0 bridgehead atoms. The molecule has 8 heteroatoms. The van der Waals surface area contributed by atoms with Crippen LogP contribution in [0.3, 0.4) is 0 Å². The maximum atomic E-state index is 12.2. The van der Waals surface area contributed by atoms with Crippen LogP contribution < -0.4 is 10.9 Å². The first-order chi connectivity index (χ1) is 18.5. The van der Waals surface area contributed by atoms with E-state index >= 15 is 0 Å². The maximum absolute atomic E-state index is 12.2. The molecule has 2 atom stereocenters. The third-order valence-electron chi connectivity index (χ3n) is 7.27. The lowest BCUT2D eigenvalue weighted by Crippen LogP contribution is -2.35. The van der Waals surface area contributed by atoms with Gasteiger partial charge in [0, 0.05) is 55.1 Å². The Kier molecular flexibility index (Phi) is 7.87. The average molecular weight is 513 g/mol. The number of aromatic hydroxyl groups is 1. The molecular weight excluding hydrogens is 480 g/mol. The third kappa shape index (κ3) is 6.31. The predicted octanol–water partition coefficient (Wildman–Crippen LogP) is 2.29. The molecule has 1 saturated carbocycles. The highest BCUT2D eigenvalue weighted by Crippen LogP contribution is 2.32. The SMILES string of the molecule is O=C(C1CC1)N1CC[C@@H](NCc2ccc(C#Cc3ccc(C(CO)Cc4nc[nH]c(=O)c4O)cc3)cc2)C1. The number of aliphatic hydroxyl groups excluding tert-OH is 1. The number of aromatic amines is 1. The summed E-state index contributed by atoms with van der Waals surface area (Å²) in [6, 6.07) is 16.1. The molecule has 3 aromatic rings. The largest absolute Gasteiger partial charge is 0.502 e. The lowest BCUT2D eigenvalue weighted by atomic mass is 9.94. The van der Waals surface area contributed by atoms with E-state index in [4.69, 9.17) is 0 Å². The Morgan fingerprint density at radius 1 is 1.08 bits per heavy atom. The standard InChI is InChI=1S/C30H32N4O4/c35-18-25(15-27-28(36)29(37)33-19-32-27)23-9-7-21(8-10-23)2-1-20-3-5-22(6-4-20)16-31-26-13-14-34(17-26)30(38)24-11-12-24/h3-10,19,24-26,31,35-36H,11-18H2,(H,32,33,37)/t25?,26-/m1/s1. The van der Waals surface area contributed by atoms with Crippen LogP contribution >= 0.6 is 0 Å². The van der Waals surface area contributed by atoms with Crippen LogP contribution in [0.25, 0.3) is 0 Å². The molecule has 38 heavy (non-hydrogen) atoms. The average Bonchev–Trinajstić information content (AvgIpc) is 3.69. The molecule has 1 aromatic heterocycles. The van der Waals surface area contributed by atoms with E-state index in [-0.39, 0.29) is 24.6 Å². The van der Waals surface area contributed by atoms with Crippen molar-refractivity contribution in [1.29, 1.82) is 0 Å². The summed E-state index contributed by atoms with van der Waals surface area (Å²) >= 11 is 0. The van der Waals surface area contributed by atoms with Crippen LogP contribution in [-0.4, -0.2) is 56.7 Å². The quantitative estimate of drug-likeness (QED) is 0.344. The summed E-state index contributed by atoms with van der Waals surface area (Å²) in [5.74, 6) is 6.27. The summed E-state index contributed by atoms with van der Waals surface area (Å²) in [7, 11) is 0. The van der Waals surface area contributed by atoms with E-state index in [2.05, 4.69) is 39.3 Å². The third-order valence-corrected chi connectivity index (χ3v) is 7.27. The molecule has 0 spiro atoms. The van der Waals surface area contributed by atoms with Gasteiger partial charge in [-0.1, -0.05) is 36.1 Å². The summed E-state index contributed by atoms with van der Waals surface area (Å²) in [5, 5.41) is 23.4. The Morgan fingerprint density at radius 2 is 1.76 bits per heavy atom. The molecule has 4 N–H and O–H groups in total. The smallest absolute Gasteiger partial charge is 0.293 e. The van der Waals surface area contributed by atoms with Gasteiger partial charge < -0.3 is 25.4 Å². The molecule has 2 fully saturated rings. The molecular formula is C30H32N4O4. The number of carbonyl (C=O) groups excluding carboxylic acids is 1. The molecule has 5 rings (SSSR count). The highest BCUT2D eigenvalue weighted by atomic mass is 16.3. The number of rotatable bonds is 8. The lowest BCUT2D eigenvalue weighted by Gasteiger charge is -2.17. The number of likely N-dealkylation sites (tertiary alicyclic amines) is 1. The van der Waals surface area contributed by atoms with Crippen LogP contribution in [0.4, 0.5) is 0 Å². The predicted molar refractivity (Wildman–Crippen MR) is 143 cm³/mol. The second-order valence-electron chi connectivity index (χ2n) is 10.1. The molecule has 2 heterocycles. The van der Waals surface area contributed by atoms with E-state index in [9.17, 15) is 19.8 Å². The summed E-state index contributed by atoms with van der Waals surface area (Å²) < 4.78 is 0. The van der Waals surface area contributed by atoms with Gasteiger partial charge in [-0.25, -0.2) is 4.98 Å². The van der Waals surface area contributed by atoms with Crippen molar-refractivity contribution in [3.05, 3.63) is 93.2 Å². The highest BCUT2D eigenvalue weighted by Gasteiger charge is 2.36. The summed E-state index contributed by atoms with van der Waals surface area (Å²) in [4.78, 5) is 32.2. The van der Waals surface area contributed by atoms with Gasteiger partial charge >= 0.3 is 0 Å². The Bertz CT molecular complexity index is 1380. The van der Waals surface area contributed by atoms with E-state index in [0.29, 0.717) is 17.9 Å². The number of hydrogen-bond acceptors (Lipinski definition) is 6. The first-order valence-corrected chi connectivity index (χ1v) is 13.1. The van der Waals surface area contributed by atoms with Crippen molar-refractivity contribution in [3.63, 3.8) is 0 Å². The van der Waals surface area contributed by atoms with Gasteiger partial charge in [-0.15, -0.1) is 0 Å². The van der Waals surface area contributed by atoms with E-state index in [1.165, 1.54) is 11.9 Å². The molecule has 1 aliphatic heterocycles. The van der Waals surface area contributed by atoms with Crippen LogP contribution in [-0.2, 0) is 17.8 Å². The normalized spacial score (nSPS) is 17.6. The first-order valence-electron chi connectivity index (χ1n) is 13.1. The topological polar surface area (TPSA) is 119 Å². The summed E-state index contributed by atoms with van der Waals surface area (Å²) in [6.07, 6.45) is 4.61. The van der Waals surface area contributed by atoms with Crippen molar-refractivity contribution in [3.8, 4) is 17.6 Å². The number of amides is 1. The molecule has 1 aliphatic carbocycles. The molecule has 196 valence electrons. The van der Waals surface area contributed by atoms with Gasteiger partial charge in [0.25, 0.3) is 5.56 Å². The number of aromatic nitrogens is 2. The highest BCUT2D eigenvalue weighted by molar-refractivity contribution is 5.81. The molecule has 2 aliphatic rings. The van der Waals surface area contributed by atoms with Crippen molar-refractivity contribution in [2.24, 2.45) is 5.92 Å². The number of carbonyl (C=O) groups is 1. The molecule has 1 saturated heterocycles. The summed E-state index contributed by atoms with van der Waals surface area (Å²) in [6.45, 7) is 2.29. The molecule has 1 amide bonds. The Labute approximate surface area is 221 Å². The Hall–Kier alpha value is -3.93. The van der Waals surface area contributed by atoms with Crippen molar-refractivity contribution in [1.82, 2.24) is 20.2 Å². The Balaban J connectivity index is 1.13. The molecule has 8 nitrogen and oxygen atoms in total. The number of H-pyrrole nitrogens is 1. The minimum atomic E-state index is -0.594. The summed E-state index contributed by atoms with van der Waals surface area (Å²) in [5.41, 5.74) is 3.48. The molecule has 2 aromatic carbocycles. The fraction of sp³-hybridized carbons (Fsp3) is 0.367. The van der Waals surface area contributed by atoms with E-state index in [0.717, 1.165) is 55.6 Å². The van der Waals surface area contributed by atoms with Gasteiger partial charge in [0.15, 0.2) is 0 Å². The Morgan fingerprint density at radius 3 is 2.42 bits per heavy atom. The van der Waals surface area contributed by atoms with Crippen LogP contribution in [0.2, 0.25) is 0 Å². The van der Waals surface area contributed by atoms with Gasteiger partial charge in [0.1, 0.15) is 0 Å². The first kappa shape index (κ1) is 25.7. The zero-order valence-corrected chi connectivity index (χ0v) is 21.2.